The molecule has 2 rings (SSSR count). The molecular formula is C18H17BrN2O9. The molecule has 0 saturated carbocycles. The van der Waals surface area contributed by atoms with Gasteiger partial charge >= 0.3 is 17.9 Å². The van der Waals surface area contributed by atoms with Crippen LogP contribution in [0, 0.1) is 0 Å². The van der Waals surface area contributed by atoms with E-state index >= 15 is 0 Å². The van der Waals surface area contributed by atoms with E-state index < -0.39 is 52.6 Å². The van der Waals surface area contributed by atoms with E-state index in [9.17, 15) is 29.4 Å². The summed E-state index contributed by atoms with van der Waals surface area (Å²) in [5.74, 6) is -4.18. The van der Waals surface area contributed by atoms with Crippen molar-refractivity contribution in [3.05, 3.63) is 38.1 Å². The standard InChI is InChI=1S/C18H17BrN2O9/c1-3-29-9-4-7(8(19)5-10(9)30-6-11(22)28-2)12-13(17(24)25)15(20)21-16(23)14(12)18(26)27/h4-5H,3,6H2,1-2H3,(H,24,25)(H,26,27)(H3,20,21,23). The molecule has 2 aromatic rings. The second-order valence-electron chi connectivity index (χ2n) is 5.68. The van der Waals surface area contributed by atoms with Crippen LogP contribution in [0.1, 0.15) is 27.6 Å². The molecule has 1 heterocycles. The number of carbonyl (C=O) groups is 3. The molecule has 1 aromatic heterocycles. The predicted octanol–water partition coefficient (Wildman–Crippen LogP) is 1.73. The van der Waals surface area contributed by atoms with Crippen LogP contribution < -0.4 is 20.8 Å². The van der Waals surface area contributed by atoms with Crippen molar-refractivity contribution in [2.75, 3.05) is 26.1 Å². The van der Waals surface area contributed by atoms with Gasteiger partial charge in [0.25, 0.3) is 5.56 Å². The van der Waals surface area contributed by atoms with Crippen molar-refractivity contribution in [2.24, 2.45) is 0 Å². The molecule has 0 fully saturated rings. The van der Waals surface area contributed by atoms with E-state index in [4.69, 9.17) is 15.2 Å². The lowest BCUT2D eigenvalue weighted by Crippen LogP contribution is -2.24. The number of benzene rings is 1. The van der Waals surface area contributed by atoms with Crippen LogP contribution in [0.25, 0.3) is 11.1 Å². The Labute approximate surface area is 177 Å². The van der Waals surface area contributed by atoms with Crippen LogP contribution in [0.3, 0.4) is 0 Å². The quantitative estimate of drug-likeness (QED) is 0.403. The first kappa shape index (κ1) is 22.7. The van der Waals surface area contributed by atoms with Gasteiger partial charge < -0.3 is 35.1 Å². The van der Waals surface area contributed by atoms with Crippen molar-refractivity contribution in [1.82, 2.24) is 4.98 Å². The number of aromatic amines is 1. The van der Waals surface area contributed by atoms with Gasteiger partial charge in [-0.25, -0.2) is 14.4 Å². The number of aromatic nitrogens is 1. The minimum absolute atomic E-state index is 0.0106. The number of carboxylic acids is 2. The van der Waals surface area contributed by atoms with E-state index in [1.165, 1.54) is 19.2 Å². The summed E-state index contributed by atoms with van der Waals surface area (Å²) in [4.78, 5) is 49.1. The van der Waals surface area contributed by atoms with Gasteiger partial charge in [-0.3, -0.25) is 4.79 Å². The molecule has 0 radical (unpaired) electrons. The largest absolute Gasteiger partial charge is 0.490 e. The van der Waals surface area contributed by atoms with Crippen molar-refractivity contribution < 1.29 is 38.8 Å². The van der Waals surface area contributed by atoms with Crippen molar-refractivity contribution in [3.63, 3.8) is 0 Å². The summed E-state index contributed by atoms with van der Waals surface area (Å²) >= 11 is 3.22. The fourth-order valence-corrected chi connectivity index (χ4v) is 3.14. The number of rotatable bonds is 8. The molecule has 160 valence electrons. The fraction of sp³-hybridized carbons (Fsp3) is 0.222. The lowest BCUT2D eigenvalue weighted by atomic mass is 9.95. The minimum Gasteiger partial charge on any atom is -0.490 e. The number of methoxy groups -OCH3 is 1. The van der Waals surface area contributed by atoms with Gasteiger partial charge in [0, 0.05) is 15.6 Å². The normalized spacial score (nSPS) is 10.4. The Hall–Kier alpha value is -3.54. The maximum atomic E-state index is 12.2. The van der Waals surface area contributed by atoms with E-state index in [1.54, 1.807) is 6.92 Å². The number of esters is 1. The number of pyridine rings is 1. The van der Waals surface area contributed by atoms with Crippen LogP contribution in [-0.2, 0) is 9.53 Å². The zero-order valence-corrected chi connectivity index (χ0v) is 17.4. The SMILES string of the molecule is CCOc1cc(-c2c(C(=O)O)c(N)[nH]c(=O)c2C(=O)O)c(Br)cc1OCC(=O)OC. The molecule has 5 N–H and O–H groups in total. The number of hydrogen-bond acceptors (Lipinski definition) is 8. The van der Waals surface area contributed by atoms with Crippen LogP contribution in [0.15, 0.2) is 21.4 Å². The molecule has 0 saturated heterocycles. The first-order valence-electron chi connectivity index (χ1n) is 8.30. The van der Waals surface area contributed by atoms with E-state index in [-0.39, 0.29) is 28.1 Å². The maximum Gasteiger partial charge on any atom is 0.343 e. The summed E-state index contributed by atoms with van der Waals surface area (Å²) in [5, 5.41) is 19.1. The summed E-state index contributed by atoms with van der Waals surface area (Å²) in [6.07, 6.45) is 0. The third kappa shape index (κ3) is 4.54. The Balaban J connectivity index is 2.82. The highest BCUT2D eigenvalue weighted by Crippen LogP contribution is 2.41. The summed E-state index contributed by atoms with van der Waals surface area (Å²) < 4.78 is 15.5. The van der Waals surface area contributed by atoms with Crippen LogP contribution in [0.2, 0.25) is 0 Å². The summed E-state index contributed by atoms with van der Waals surface area (Å²) in [6.45, 7) is 1.41. The summed E-state index contributed by atoms with van der Waals surface area (Å²) in [6, 6.07) is 2.63. The van der Waals surface area contributed by atoms with E-state index in [2.05, 4.69) is 20.7 Å². The van der Waals surface area contributed by atoms with Gasteiger partial charge in [-0.1, -0.05) is 15.9 Å². The number of anilines is 1. The van der Waals surface area contributed by atoms with Gasteiger partial charge in [0.2, 0.25) is 0 Å². The first-order chi connectivity index (χ1) is 14.1. The Morgan fingerprint density at radius 1 is 1.10 bits per heavy atom. The molecular weight excluding hydrogens is 468 g/mol. The van der Waals surface area contributed by atoms with E-state index in [1.807, 2.05) is 4.98 Å². The summed E-state index contributed by atoms with van der Waals surface area (Å²) in [5.41, 5.74) is 2.76. The molecule has 0 aliphatic rings. The Bertz CT molecular complexity index is 1080. The van der Waals surface area contributed by atoms with Crippen molar-refractivity contribution >= 4 is 39.7 Å². The van der Waals surface area contributed by atoms with Gasteiger partial charge in [-0.05, 0) is 19.1 Å². The Kier molecular flexibility index (Phi) is 7.06. The lowest BCUT2D eigenvalue weighted by molar-refractivity contribution is -0.142. The third-order valence-electron chi connectivity index (χ3n) is 3.85. The highest BCUT2D eigenvalue weighted by Gasteiger charge is 2.28. The number of carbonyl (C=O) groups excluding carboxylic acids is 1. The molecule has 0 aliphatic heterocycles. The molecule has 0 unspecified atom stereocenters. The number of ether oxygens (including phenoxy) is 3. The number of H-pyrrole nitrogens is 1. The number of aromatic carboxylic acids is 2. The molecule has 0 amide bonds. The van der Waals surface area contributed by atoms with Crippen LogP contribution in [0.4, 0.5) is 5.82 Å². The van der Waals surface area contributed by atoms with Crippen molar-refractivity contribution in [3.8, 4) is 22.6 Å². The van der Waals surface area contributed by atoms with Gasteiger partial charge in [0.05, 0.1) is 13.7 Å². The molecule has 0 bridgehead atoms. The maximum absolute atomic E-state index is 12.2. The zero-order chi connectivity index (χ0) is 22.6. The van der Waals surface area contributed by atoms with Crippen molar-refractivity contribution in [2.45, 2.75) is 6.92 Å². The predicted molar refractivity (Wildman–Crippen MR) is 107 cm³/mol. The molecule has 0 aliphatic carbocycles. The molecule has 11 nitrogen and oxygen atoms in total. The summed E-state index contributed by atoms with van der Waals surface area (Å²) in [7, 11) is 1.19. The molecule has 0 spiro atoms. The number of nitrogen functional groups attached to an aromatic ring is 1. The number of halogens is 1. The Morgan fingerprint density at radius 3 is 2.23 bits per heavy atom. The van der Waals surface area contributed by atoms with Gasteiger partial charge in [0.1, 0.15) is 16.9 Å². The van der Waals surface area contributed by atoms with Crippen LogP contribution in [0.5, 0.6) is 11.5 Å². The van der Waals surface area contributed by atoms with Crippen LogP contribution >= 0.6 is 15.9 Å². The molecule has 0 atom stereocenters. The first-order valence-corrected chi connectivity index (χ1v) is 9.10. The third-order valence-corrected chi connectivity index (χ3v) is 4.50. The topological polar surface area (TPSA) is 178 Å². The number of nitrogens with one attached hydrogen (secondary N) is 1. The molecule has 1 aromatic carbocycles. The van der Waals surface area contributed by atoms with Crippen molar-refractivity contribution in [1.29, 1.82) is 0 Å². The average molecular weight is 485 g/mol. The number of hydrogen-bond donors (Lipinski definition) is 4. The number of carboxylic acid groups (broad SMARTS) is 2. The molecule has 12 heteroatoms. The highest BCUT2D eigenvalue weighted by molar-refractivity contribution is 9.10. The number of nitrogens with two attached hydrogens (primary N) is 1. The minimum atomic E-state index is -1.65. The second kappa shape index (κ2) is 9.31. The van der Waals surface area contributed by atoms with Gasteiger partial charge in [0.15, 0.2) is 18.1 Å². The average Bonchev–Trinajstić information content (AvgIpc) is 2.66. The zero-order valence-electron chi connectivity index (χ0n) is 15.8. The monoisotopic (exact) mass is 484 g/mol. The highest BCUT2D eigenvalue weighted by atomic mass is 79.9. The Morgan fingerprint density at radius 2 is 1.70 bits per heavy atom. The van der Waals surface area contributed by atoms with Gasteiger partial charge in [-0.15, -0.1) is 0 Å². The van der Waals surface area contributed by atoms with E-state index in [0.717, 1.165) is 0 Å². The lowest BCUT2D eigenvalue weighted by Gasteiger charge is -2.17. The second-order valence-corrected chi connectivity index (χ2v) is 6.53. The van der Waals surface area contributed by atoms with Gasteiger partial charge in [-0.2, -0.15) is 0 Å². The van der Waals surface area contributed by atoms with E-state index in [0.29, 0.717) is 0 Å². The smallest absolute Gasteiger partial charge is 0.343 e. The molecule has 30 heavy (non-hydrogen) atoms. The fourth-order valence-electron chi connectivity index (χ4n) is 2.62. The van der Waals surface area contributed by atoms with Crippen LogP contribution in [-0.4, -0.2) is 53.4 Å².